The van der Waals surface area contributed by atoms with Crippen molar-refractivity contribution in [1.29, 1.82) is 0 Å². The summed E-state index contributed by atoms with van der Waals surface area (Å²) in [7, 11) is 0. The van der Waals surface area contributed by atoms with E-state index in [9.17, 15) is 9.18 Å². The van der Waals surface area contributed by atoms with E-state index in [1.54, 1.807) is 25.1 Å². The van der Waals surface area contributed by atoms with Gasteiger partial charge in [-0.05, 0) is 31.2 Å². The van der Waals surface area contributed by atoms with Gasteiger partial charge in [0.25, 0.3) is 5.91 Å². The molecule has 0 saturated carbocycles. The molecular weight excluding hydrogens is 371 g/mol. The van der Waals surface area contributed by atoms with Crippen LogP contribution in [0.15, 0.2) is 36.5 Å². The van der Waals surface area contributed by atoms with Crippen LogP contribution in [-0.2, 0) is 0 Å². The molecule has 1 aliphatic heterocycles. The molecule has 138 valence electrons. The summed E-state index contributed by atoms with van der Waals surface area (Å²) in [6, 6.07) is 8.04. The zero-order valence-corrected chi connectivity index (χ0v) is 15.1. The summed E-state index contributed by atoms with van der Waals surface area (Å²) in [5, 5.41) is 6.30. The van der Waals surface area contributed by atoms with Crippen molar-refractivity contribution >= 4 is 33.9 Å². The number of aromatic nitrogens is 2. The van der Waals surface area contributed by atoms with E-state index in [0.717, 1.165) is 6.20 Å². The van der Waals surface area contributed by atoms with E-state index in [0.29, 0.717) is 51.9 Å². The molecule has 0 saturated heterocycles. The summed E-state index contributed by atoms with van der Waals surface area (Å²) >= 11 is 1.19. The smallest absolute Gasteiger partial charge is 0.267 e. The number of carbonyl (C=O) groups is 1. The van der Waals surface area contributed by atoms with Crippen LogP contribution >= 0.6 is 11.3 Å². The van der Waals surface area contributed by atoms with Crippen LogP contribution in [0.2, 0.25) is 0 Å². The third-order valence-corrected chi connectivity index (χ3v) is 4.84. The number of rotatable bonds is 4. The minimum Gasteiger partial charge on any atom is -0.486 e. The third kappa shape index (κ3) is 3.82. The quantitative estimate of drug-likeness (QED) is 0.710. The van der Waals surface area contributed by atoms with Gasteiger partial charge in [0.15, 0.2) is 16.6 Å². The molecule has 0 bridgehead atoms. The molecule has 7 nitrogen and oxygen atoms in total. The van der Waals surface area contributed by atoms with E-state index in [-0.39, 0.29) is 5.91 Å². The summed E-state index contributed by atoms with van der Waals surface area (Å²) in [6.07, 6.45) is 1.11. The zero-order valence-electron chi connectivity index (χ0n) is 14.3. The summed E-state index contributed by atoms with van der Waals surface area (Å²) in [5.74, 6) is 1.01. The molecule has 0 spiro atoms. The minimum atomic E-state index is -0.421. The zero-order chi connectivity index (χ0) is 18.8. The highest BCUT2D eigenvalue weighted by molar-refractivity contribution is 7.17. The predicted molar refractivity (Wildman–Crippen MR) is 99.7 cm³/mol. The number of hydrogen-bond acceptors (Lipinski definition) is 7. The lowest BCUT2D eigenvalue weighted by atomic mass is 10.2. The highest BCUT2D eigenvalue weighted by atomic mass is 32.1. The van der Waals surface area contributed by atoms with Gasteiger partial charge in [0.1, 0.15) is 29.7 Å². The van der Waals surface area contributed by atoms with Gasteiger partial charge in [0, 0.05) is 11.8 Å². The van der Waals surface area contributed by atoms with Gasteiger partial charge in [-0.2, -0.15) is 0 Å². The summed E-state index contributed by atoms with van der Waals surface area (Å²) < 4.78 is 23.9. The highest BCUT2D eigenvalue weighted by Gasteiger charge is 2.18. The first-order valence-corrected chi connectivity index (χ1v) is 8.97. The fraction of sp³-hybridized carbons (Fsp3) is 0.167. The maximum atomic E-state index is 12.9. The van der Waals surface area contributed by atoms with E-state index in [1.807, 2.05) is 0 Å². The lowest BCUT2D eigenvalue weighted by Crippen LogP contribution is -2.16. The van der Waals surface area contributed by atoms with E-state index < -0.39 is 5.82 Å². The van der Waals surface area contributed by atoms with E-state index in [2.05, 4.69) is 20.6 Å². The largest absolute Gasteiger partial charge is 0.486 e. The molecule has 1 amide bonds. The molecule has 3 heterocycles. The monoisotopic (exact) mass is 386 g/mol. The Labute approximate surface area is 158 Å². The SMILES string of the molecule is Cc1nc(Nc2ccc(F)cn2)sc1C(=O)Nc1ccc2c(c1)OCCO2. The van der Waals surface area contributed by atoms with E-state index in [1.165, 1.54) is 23.5 Å². The van der Waals surface area contributed by atoms with Crippen molar-refractivity contribution < 1.29 is 18.7 Å². The number of pyridine rings is 1. The van der Waals surface area contributed by atoms with Crippen LogP contribution in [0.1, 0.15) is 15.4 Å². The first kappa shape index (κ1) is 17.2. The Morgan fingerprint density at radius 1 is 1.19 bits per heavy atom. The molecule has 2 N–H and O–H groups in total. The molecule has 0 aliphatic carbocycles. The highest BCUT2D eigenvalue weighted by Crippen LogP contribution is 2.33. The molecule has 1 aromatic carbocycles. The topological polar surface area (TPSA) is 85.4 Å². The average Bonchev–Trinajstić information content (AvgIpc) is 3.04. The molecular formula is C18H15FN4O3S. The van der Waals surface area contributed by atoms with Crippen molar-refractivity contribution in [2.24, 2.45) is 0 Å². The van der Waals surface area contributed by atoms with Gasteiger partial charge in [0.2, 0.25) is 0 Å². The predicted octanol–water partition coefficient (Wildman–Crippen LogP) is 3.75. The first-order chi connectivity index (χ1) is 13.1. The lowest BCUT2D eigenvalue weighted by molar-refractivity contribution is 0.102. The van der Waals surface area contributed by atoms with Gasteiger partial charge >= 0.3 is 0 Å². The fourth-order valence-corrected chi connectivity index (χ4v) is 3.40. The molecule has 0 fully saturated rings. The summed E-state index contributed by atoms with van der Waals surface area (Å²) in [4.78, 5) is 21.3. The Kier molecular flexibility index (Phi) is 4.59. The van der Waals surface area contributed by atoms with Gasteiger partial charge in [-0.3, -0.25) is 4.79 Å². The number of carbonyl (C=O) groups excluding carboxylic acids is 1. The van der Waals surface area contributed by atoms with Crippen LogP contribution in [0, 0.1) is 12.7 Å². The number of nitrogens with one attached hydrogen (secondary N) is 2. The van der Waals surface area contributed by atoms with Gasteiger partial charge in [0.05, 0.1) is 11.9 Å². The van der Waals surface area contributed by atoms with Gasteiger partial charge in [-0.15, -0.1) is 0 Å². The second-order valence-corrected chi connectivity index (χ2v) is 6.73. The fourth-order valence-electron chi connectivity index (χ4n) is 2.53. The normalized spacial score (nSPS) is 12.5. The molecule has 4 rings (SSSR count). The van der Waals surface area contributed by atoms with Crippen molar-refractivity contribution in [2.75, 3.05) is 23.8 Å². The van der Waals surface area contributed by atoms with Crippen molar-refractivity contribution in [3.63, 3.8) is 0 Å². The molecule has 27 heavy (non-hydrogen) atoms. The number of benzene rings is 1. The standard InChI is InChI=1S/C18H15FN4O3S/c1-10-16(27-18(21-10)23-15-5-2-11(19)9-20-15)17(24)22-12-3-4-13-14(8-12)26-7-6-25-13/h2-5,8-9H,6-7H2,1H3,(H,22,24)(H,20,21,23). The molecule has 0 atom stereocenters. The van der Waals surface area contributed by atoms with Crippen LogP contribution in [0.5, 0.6) is 11.5 Å². The Bertz CT molecular complexity index is 991. The van der Waals surface area contributed by atoms with Gasteiger partial charge in [-0.1, -0.05) is 11.3 Å². The molecule has 2 aromatic heterocycles. The van der Waals surface area contributed by atoms with E-state index in [4.69, 9.17) is 9.47 Å². The Balaban J connectivity index is 1.49. The lowest BCUT2D eigenvalue weighted by Gasteiger charge is -2.18. The Morgan fingerprint density at radius 2 is 2.00 bits per heavy atom. The second-order valence-electron chi connectivity index (χ2n) is 5.73. The van der Waals surface area contributed by atoms with E-state index >= 15 is 0 Å². The number of halogens is 1. The third-order valence-electron chi connectivity index (χ3n) is 3.77. The summed E-state index contributed by atoms with van der Waals surface area (Å²) in [5.41, 5.74) is 1.19. The van der Waals surface area contributed by atoms with Gasteiger partial charge < -0.3 is 20.1 Å². The minimum absolute atomic E-state index is 0.276. The Morgan fingerprint density at radius 3 is 2.78 bits per heavy atom. The number of hydrogen-bond donors (Lipinski definition) is 2. The Hall–Kier alpha value is -3.20. The number of thiazole rings is 1. The maximum absolute atomic E-state index is 12.9. The molecule has 9 heteroatoms. The van der Waals surface area contributed by atoms with Crippen LogP contribution < -0.4 is 20.1 Å². The number of aryl methyl sites for hydroxylation is 1. The van der Waals surface area contributed by atoms with Crippen molar-refractivity contribution in [3.8, 4) is 11.5 Å². The second kappa shape index (κ2) is 7.20. The van der Waals surface area contributed by atoms with Crippen molar-refractivity contribution in [1.82, 2.24) is 9.97 Å². The molecule has 0 radical (unpaired) electrons. The van der Waals surface area contributed by atoms with Crippen molar-refractivity contribution in [3.05, 3.63) is 52.9 Å². The van der Waals surface area contributed by atoms with Gasteiger partial charge in [-0.25, -0.2) is 14.4 Å². The number of ether oxygens (including phenoxy) is 2. The average molecular weight is 386 g/mol. The molecule has 0 unspecified atom stereocenters. The summed E-state index contributed by atoms with van der Waals surface area (Å²) in [6.45, 7) is 2.74. The molecule has 3 aromatic rings. The first-order valence-electron chi connectivity index (χ1n) is 8.15. The number of nitrogens with zero attached hydrogens (tertiary/aromatic N) is 2. The number of anilines is 3. The van der Waals surface area contributed by atoms with Crippen LogP contribution in [0.3, 0.4) is 0 Å². The number of amides is 1. The van der Waals surface area contributed by atoms with Crippen LogP contribution in [0.4, 0.5) is 21.0 Å². The van der Waals surface area contributed by atoms with Crippen LogP contribution in [0.25, 0.3) is 0 Å². The molecule has 1 aliphatic rings. The number of fused-ring (bicyclic) bond motifs is 1. The maximum Gasteiger partial charge on any atom is 0.267 e. The van der Waals surface area contributed by atoms with Crippen molar-refractivity contribution in [2.45, 2.75) is 6.92 Å². The van der Waals surface area contributed by atoms with Crippen LogP contribution in [-0.4, -0.2) is 29.1 Å².